The third kappa shape index (κ3) is 3.19. The zero-order valence-electron chi connectivity index (χ0n) is 10.6. The van der Waals surface area contributed by atoms with Crippen LogP contribution in [0.4, 0.5) is 5.13 Å². The van der Waals surface area contributed by atoms with Gasteiger partial charge in [-0.05, 0) is 33.6 Å². The summed E-state index contributed by atoms with van der Waals surface area (Å²) >= 11 is 1.75. The molecule has 0 saturated heterocycles. The van der Waals surface area contributed by atoms with Crippen molar-refractivity contribution < 1.29 is 0 Å². The van der Waals surface area contributed by atoms with E-state index >= 15 is 0 Å². The maximum atomic E-state index is 4.66. The quantitative estimate of drug-likeness (QED) is 0.875. The van der Waals surface area contributed by atoms with Crippen molar-refractivity contribution >= 4 is 16.5 Å². The normalized spacial score (nSPS) is 16.5. The molecule has 0 aliphatic heterocycles. The fraction of sp³-hybridized carbons (Fsp3) is 0.750. The van der Waals surface area contributed by atoms with Gasteiger partial charge in [-0.3, -0.25) is 0 Å². The van der Waals surface area contributed by atoms with Gasteiger partial charge in [0, 0.05) is 30.6 Å². The van der Waals surface area contributed by atoms with Crippen LogP contribution in [0, 0.1) is 0 Å². The largest absolute Gasteiger partial charge is 0.348 e. The number of thiazole rings is 1. The topological polar surface area (TPSA) is 28.2 Å². The molecule has 1 N–H and O–H groups in total. The number of rotatable bonds is 4. The molecule has 4 heteroatoms. The van der Waals surface area contributed by atoms with Gasteiger partial charge in [-0.1, -0.05) is 0 Å². The Morgan fingerprint density at radius 3 is 2.75 bits per heavy atom. The van der Waals surface area contributed by atoms with E-state index in [2.05, 4.69) is 48.4 Å². The average Bonchev–Trinajstić information content (AvgIpc) is 2.92. The van der Waals surface area contributed by atoms with Gasteiger partial charge in [0.2, 0.25) is 0 Å². The predicted molar refractivity (Wildman–Crippen MR) is 70.1 cm³/mol. The molecule has 1 aromatic heterocycles. The summed E-state index contributed by atoms with van der Waals surface area (Å²) in [6.07, 6.45) is 2.65. The van der Waals surface area contributed by atoms with E-state index in [0.717, 1.165) is 23.4 Å². The van der Waals surface area contributed by atoms with Gasteiger partial charge in [-0.2, -0.15) is 0 Å². The minimum atomic E-state index is 0.159. The van der Waals surface area contributed by atoms with Crippen LogP contribution >= 0.6 is 11.3 Å². The highest BCUT2D eigenvalue weighted by Gasteiger charge is 2.27. The van der Waals surface area contributed by atoms with Crippen LogP contribution in [0.1, 0.15) is 39.3 Å². The van der Waals surface area contributed by atoms with Gasteiger partial charge in [0.15, 0.2) is 5.13 Å². The molecule has 1 heterocycles. The van der Waals surface area contributed by atoms with Crippen molar-refractivity contribution in [3.8, 4) is 0 Å². The number of hydrogen-bond acceptors (Lipinski definition) is 4. The predicted octanol–water partition coefficient (Wildman–Crippen LogP) is 2.63. The number of hydrogen-bond donors (Lipinski definition) is 1. The van der Waals surface area contributed by atoms with Crippen LogP contribution in [0.5, 0.6) is 0 Å². The highest BCUT2D eigenvalue weighted by Crippen LogP contribution is 2.31. The maximum Gasteiger partial charge on any atom is 0.185 e. The Balaban J connectivity index is 1.91. The molecule has 1 saturated carbocycles. The Morgan fingerprint density at radius 1 is 1.50 bits per heavy atom. The van der Waals surface area contributed by atoms with Crippen molar-refractivity contribution in [3.63, 3.8) is 0 Å². The van der Waals surface area contributed by atoms with E-state index in [-0.39, 0.29) is 5.54 Å². The second kappa shape index (κ2) is 4.34. The zero-order chi connectivity index (χ0) is 11.8. The Kier molecular flexibility index (Phi) is 3.22. The molecule has 0 aromatic carbocycles. The lowest BCUT2D eigenvalue weighted by Crippen LogP contribution is -2.35. The van der Waals surface area contributed by atoms with Crippen molar-refractivity contribution in [2.75, 3.05) is 11.9 Å². The third-order valence-corrected chi connectivity index (χ3v) is 3.72. The van der Waals surface area contributed by atoms with E-state index in [1.807, 2.05) is 0 Å². The van der Waals surface area contributed by atoms with Crippen LogP contribution in [0.3, 0.4) is 0 Å². The maximum absolute atomic E-state index is 4.66. The molecular weight excluding hydrogens is 218 g/mol. The molecule has 0 radical (unpaired) electrons. The van der Waals surface area contributed by atoms with E-state index in [1.165, 1.54) is 12.8 Å². The van der Waals surface area contributed by atoms with Gasteiger partial charge < -0.3 is 10.2 Å². The first kappa shape index (κ1) is 11.9. The summed E-state index contributed by atoms with van der Waals surface area (Å²) in [7, 11) is 2.15. The van der Waals surface area contributed by atoms with E-state index in [0.29, 0.717) is 0 Å². The number of anilines is 1. The molecule has 0 bridgehead atoms. The SMILES string of the molecule is CN(c1nc(CNC(C)(C)C)cs1)C1CC1. The Bertz CT molecular complexity index is 349. The average molecular weight is 239 g/mol. The number of nitrogens with zero attached hydrogens (tertiary/aromatic N) is 2. The molecule has 3 nitrogen and oxygen atoms in total. The molecule has 1 aromatic rings. The highest BCUT2D eigenvalue weighted by molar-refractivity contribution is 7.13. The summed E-state index contributed by atoms with van der Waals surface area (Å²) in [6.45, 7) is 7.39. The minimum absolute atomic E-state index is 0.159. The fourth-order valence-corrected chi connectivity index (χ4v) is 2.38. The molecule has 1 aliphatic carbocycles. The summed E-state index contributed by atoms with van der Waals surface area (Å²) in [5.41, 5.74) is 1.31. The minimum Gasteiger partial charge on any atom is -0.348 e. The molecule has 16 heavy (non-hydrogen) atoms. The van der Waals surface area contributed by atoms with Crippen LogP contribution in [-0.4, -0.2) is 23.6 Å². The summed E-state index contributed by atoms with van der Waals surface area (Å²) in [4.78, 5) is 6.97. The Labute approximate surface area is 102 Å². The van der Waals surface area contributed by atoms with Crippen molar-refractivity contribution in [2.24, 2.45) is 0 Å². The van der Waals surface area contributed by atoms with Crippen LogP contribution in [0.15, 0.2) is 5.38 Å². The van der Waals surface area contributed by atoms with Gasteiger partial charge in [-0.15, -0.1) is 11.3 Å². The highest BCUT2D eigenvalue weighted by atomic mass is 32.1. The molecule has 1 fully saturated rings. The van der Waals surface area contributed by atoms with E-state index in [1.54, 1.807) is 11.3 Å². The first-order valence-electron chi connectivity index (χ1n) is 5.88. The molecule has 1 aliphatic rings. The van der Waals surface area contributed by atoms with Crippen LogP contribution < -0.4 is 10.2 Å². The molecule has 0 spiro atoms. The lowest BCUT2D eigenvalue weighted by atomic mass is 10.1. The molecule has 2 rings (SSSR count). The van der Waals surface area contributed by atoms with Gasteiger partial charge >= 0.3 is 0 Å². The van der Waals surface area contributed by atoms with Gasteiger partial charge in [0.1, 0.15) is 0 Å². The molecular formula is C12H21N3S. The van der Waals surface area contributed by atoms with Crippen molar-refractivity contribution in [2.45, 2.75) is 51.7 Å². The fourth-order valence-electron chi connectivity index (χ4n) is 1.51. The molecule has 0 amide bonds. The smallest absolute Gasteiger partial charge is 0.185 e. The lowest BCUT2D eigenvalue weighted by molar-refractivity contribution is 0.422. The van der Waals surface area contributed by atoms with Crippen LogP contribution in [-0.2, 0) is 6.54 Å². The summed E-state index contributed by atoms with van der Waals surface area (Å²) in [5, 5.41) is 6.78. The monoisotopic (exact) mass is 239 g/mol. The van der Waals surface area contributed by atoms with Crippen molar-refractivity contribution in [1.82, 2.24) is 10.3 Å². The van der Waals surface area contributed by atoms with Crippen LogP contribution in [0.2, 0.25) is 0 Å². The second-order valence-electron chi connectivity index (χ2n) is 5.57. The zero-order valence-corrected chi connectivity index (χ0v) is 11.4. The first-order valence-corrected chi connectivity index (χ1v) is 6.76. The van der Waals surface area contributed by atoms with E-state index in [9.17, 15) is 0 Å². The van der Waals surface area contributed by atoms with Crippen molar-refractivity contribution in [3.05, 3.63) is 11.1 Å². The van der Waals surface area contributed by atoms with Crippen molar-refractivity contribution in [1.29, 1.82) is 0 Å². The standard InChI is InChI=1S/C12H21N3S/c1-12(2,3)13-7-9-8-16-11(14-9)15(4)10-5-6-10/h8,10,13H,5-7H2,1-4H3. The molecule has 0 unspecified atom stereocenters. The first-order chi connectivity index (χ1) is 7.46. The van der Waals surface area contributed by atoms with E-state index < -0.39 is 0 Å². The second-order valence-corrected chi connectivity index (χ2v) is 6.40. The number of aromatic nitrogens is 1. The molecule has 90 valence electrons. The Morgan fingerprint density at radius 2 is 2.19 bits per heavy atom. The molecule has 0 atom stereocenters. The van der Waals surface area contributed by atoms with Crippen LogP contribution in [0.25, 0.3) is 0 Å². The lowest BCUT2D eigenvalue weighted by Gasteiger charge is -2.19. The summed E-state index contributed by atoms with van der Waals surface area (Å²) in [5.74, 6) is 0. The van der Waals surface area contributed by atoms with Gasteiger partial charge in [0.05, 0.1) is 5.69 Å². The Hall–Kier alpha value is -0.610. The number of nitrogens with one attached hydrogen (secondary N) is 1. The van der Waals surface area contributed by atoms with Gasteiger partial charge in [0.25, 0.3) is 0 Å². The van der Waals surface area contributed by atoms with Gasteiger partial charge in [-0.25, -0.2) is 4.98 Å². The van der Waals surface area contributed by atoms with E-state index in [4.69, 9.17) is 0 Å². The summed E-state index contributed by atoms with van der Waals surface area (Å²) < 4.78 is 0. The summed E-state index contributed by atoms with van der Waals surface area (Å²) in [6, 6.07) is 0.745. The third-order valence-electron chi connectivity index (χ3n) is 2.74.